The summed E-state index contributed by atoms with van der Waals surface area (Å²) < 4.78 is 7.67. The molecule has 0 saturated carbocycles. The highest BCUT2D eigenvalue weighted by Gasteiger charge is 2.31. The van der Waals surface area contributed by atoms with Crippen LogP contribution < -0.4 is 0 Å². The number of aromatic nitrogens is 3. The van der Waals surface area contributed by atoms with Crippen LogP contribution in [0.15, 0.2) is 121 Å². The molecule has 2 unspecified atom stereocenters. The number of fused-ring (bicyclic) bond motifs is 9. The van der Waals surface area contributed by atoms with E-state index in [1.807, 2.05) is 0 Å². The second-order valence-electron chi connectivity index (χ2n) is 16.5. The molecule has 5 aromatic carbocycles. The van der Waals surface area contributed by atoms with Gasteiger partial charge in [-0.05, 0) is 84.8 Å². The van der Waals surface area contributed by atoms with Crippen LogP contribution in [-0.4, -0.2) is 13.7 Å². The minimum atomic E-state index is 0.213. The molecule has 0 fully saturated rings. The summed E-state index contributed by atoms with van der Waals surface area (Å²) in [7, 11) is 0. The lowest BCUT2D eigenvalue weighted by molar-refractivity contribution is 0.411. The fourth-order valence-corrected chi connectivity index (χ4v) is 9.47. The van der Waals surface area contributed by atoms with Gasteiger partial charge in [0.15, 0.2) is 0 Å². The van der Waals surface area contributed by atoms with Crippen LogP contribution in [0.2, 0.25) is 0 Å². The number of nitrogens with zero attached hydrogens (tertiary/aromatic N) is 3. The van der Waals surface area contributed by atoms with Crippen LogP contribution >= 0.6 is 0 Å². The van der Waals surface area contributed by atoms with Gasteiger partial charge in [-0.3, -0.25) is 0 Å². The maximum absolute atomic E-state index is 2.64. The zero-order valence-electron chi connectivity index (χ0n) is 30.8. The summed E-state index contributed by atoms with van der Waals surface area (Å²) >= 11 is 0. The van der Waals surface area contributed by atoms with Crippen molar-refractivity contribution in [1.82, 2.24) is 13.7 Å². The molecule has 3 heteroatoms. The maximum atomic E-state index is 2.64. The lowest BCUT2D eigenvalue weighted by Crippen LogP contribution is -2.18. The molecule has 256 valence electrons. The molecule has 0 bridgehead atoms. The number of para-hydroxylation sites is 3. The average Bonchev–Trinajstić information content (AvgIpc) is 3.76. The number of hydrogen-bond acceptors (Lipinski definition) is 0. The highest BCUT2D eigenvalue weighted by Crippen LogP contribution is 2.46. The van der Waals surface area contributed by atoms with Crippen LogP contribution in [0.4, 0.5) is 0 Å². The van der Waals surface area contributed by atoms with Crippen LogP contribution in [-0.2, 0) is 12.8 Å². The molecule has 2 aliphatic carbocycles. The van der Waals surface area contributed by atoms with E-state index in [-0.39, 0.29) is 5.41 Å². The molecule has 0 amide bonds. The van der Waals surface area contributed by atoms with E-state index in [9.17, 15) is 0 Å². The molecule has 52 heavy (non-hydrogen) atoms. The number of rotatable bonds is 4. The zero-order valence-corrected chi connectivity index (χ0v) is 30.8. The molecule has 2 atom stereocenters. The van der Waals surface area contributed by atoms with Crippen molar-refractivity contribution in [2.24, 2.45) is 11.3 Å². The van der Waals surface area contributed by atoms with E-state index in [1.165, 1.54) is 88.8 Å². The predicted octanol–water partition coefficient (Wildman–Crippen LogP) is 13.0. The Morgan fingerprint density at radius 3 is 1.92 bits per heavy atom. The van der Waals surface area contributed by atoms with Crippen LogP contribution in [0.5, 0.6) is 0 Å². The Hall–Kier alpha value is -5.54. The average molecular weight is 676 g/mol. The lowest BCUT2D eigenvalue weighted by Gasteiger charge is -2.28. The molecule has 0 aliphatic heterocycles. The molecular formula is C49H45N3. The molecule has 0 saturated heterocycles. The van der Waals surface area contributed by atoms with Gasteiger partial charge in [-0.15, -0.1) is 0 Å². The number of hydrogen-bond donors (Lipinski definition) is 0. The molecule has 0 radical (unpaired) electrons. The molecule has 3 nitrogen and oxygen atoms in total. The second-order valence-corrected chi connectivity index (χ2v) is 16.5. The van der Waals surface area contributed by atoms with Crippen molar-refractivity contribution >= 4 is 61.5 Å². The minimum Gasteiger partial charge on any atom is -0.316 e. The largest absolute Gasteiger partial charge is 0.316 e. The van der Waals surface area contributed by atoms with E-state index in [2.05, 4.69) is 182 Å². The number of allylic oxidation sites excluding steroid dienone is 2. The first-order valence-corrected chi connectivity index (χ1v) is 19.0. The second kappa shape index (κ2) is 11.5. The topological polar surface area (TPSA) is 14.8 Å². The monoisotopic (exact) mass is 675 g/mol. The number of benzene rings is 5. The standard InChI is InChI=1S/C49H45N3/c1-31-14-12-20-39-38-19-8-11-23-44(38)52(48(31)39)46-29-41-40-28-35(50-42-21-9-6-17-36(42)37-18-7-10-22-43(37)50)24-25-45(40)51(47(41)26-32(46)2)34-16-13-15-33(27-34)30-49(3,4)5/h6-13,15-25,27-29,31-32H,14,26,30H2,1-5H3. The normalized spacial score (nSPS) is 17.3. The van der Waals surface area contributed by atoms with Crippen molar-refractivity contribution in [1.29, 1.82) is 0 Å². The van der Waals surface area contributed by atoms with Gasteiger partial charge in [0.05, 0.1) is 22.1 Å². The molecular weight excluding hydrogens is 631 g/mol. The van der Waals surface area contributed by atoms with Gasteiger partial charge in [-0.2, -0.15) is 0 Å². The summed E-state index contributed by atoms with van der Waals surface area (Å²) in [5.41, 5.74) is 16.1. The first-order valence-electron chi connectivity index (χ1n) is 19.0. The van der Waals surface area contributed by atoms with Crippen LogP contribution in [0.3, 0.4) is 0 Å². The molecule has 2 aliphatic rings. The third-order valence-corrected chi connectivity index (χ3v) is 11.6. The predicted molar refractivity (Wildman–Crippen MR) is 222 cm³/mol. The highest BCUT2D eigenvalue weighted by atomic mass is 15.0. The van der Waals surface area contributed by atoms with Crippen molar-refractivity contribution in [3.8, 4) is 11.4 Å². The summed E-state index contributed by atoms with van der Waals surface area (Å²) in [6, 6.07) is 43.1. The van der Waals surface area contributed by atoms with Gasteiger partial charge in [0.25, 0.3) is 0 Å². The lowest BCUT2D eigenvalue weighted by atomic mass is 9.88. The van der Waals surface area contributed by atoms with Crippen molar-refractivity contribution in [3.63, 3.8) is 0 Å². The van der Waals surface area contributed by atoms with E-state index in [1.54, 1.807) is 0 Å². The molecule has 3 heterocycles. The van der Waals surface area contributed by atoms with Gasteiger partial charge in [-0.25, -0.2) is 0 Å². The molecule has 3 aromatic heterocycles. The fourth-order valence-electron chi connectivity index (χ4n) is 9.47. The van der Waals surface area contributed by atoms with Crippen molar-refractivity contribution in [2.45, 2.75) is 59.8 Å². The Morgan fingerprint density at radius 2 is 1.21 bits per heavy atom. The third kappa shape index (κ3) is 4.71. The van der Waals surface area contributed by atoms with E-state index >= 15 is 0 Å². The van der Waals surface area contributed by atoms with Crippen molar-refractivity contribution < 1.29 is 0 Å². The van der Waals surface area contributed by atoms with Gasteiger partial charge >= 0.3 is 0 Å². The SMILES string of the molecule is CC1Cc2c(c3cc(-n4c5ccccc5c5ccccc54)ccc3n2-c2cccc(CC(C)(C)C)c2)C=C1n1c2c(c3ccccc31)C=CCC2C. The summed E-state index contributed by atoms with van der Waals surface area (Å²) in [4.78, 5) is 0. The Balaban J connectivity index is 1.26. The molecule has 0 spiro atoms. The van der Waals surface area contributed by atoms with Gasteiger partial charge in [0.2, 0.25) is 0 Å². The molecule has 8 aromatic rings. The van der Waals surface area contributed by atoms with E-state index < -0.39 is 0 Å². The Kier molecular flexibility index (Phi) is 6.89. The summed E-state index contributed by atoms with van der Waals surface area (Å²) in [5, 5.41) is 5.23. The van der Waals surface area contributed by atoms with Gasteiger partial charge in [0, 0.05) is 73.0 Å². The zero-order chi connectivity index (χ0) is 35.3. The summed E-state index contributed by atoms with van der Waals surface area (Å²) in [6.45, 7) is 11.8. The van der Waals surface area contributed by atoms with Crippen molar-refractivity contribution in [2.75, 3.05) is 0 Å². The van der Waals surface area contributed by atoms with Crippen LogP contribution in [0.25, 0.3) is 72.8 Å². The summed E-state index contributed by atoms with van der Waals surface area (Å²) in [6.07, 6.45) is 10.4. The minimum absolute atomic E-state index is 0.213. The Labute approximate surface area is 306 Å². The first-order chi connectivity index (χ1) is 25.2. The van der Waals surface area contributed by atoms with E-state index in [0.717, 1.165) is 19.3 Å². The molecule has 0 N–H and O–H groups in total. The van der Waals surface area contributed by atoms with Gasteiger partial charge < -0.3 is 13.7 Å². The quantitative estimate of drug-likeness (QED) is 0.176. The van der Waals surface area contributed by atoms with Crippen LogP contribution in [0, 0.1) is 11.3 Å². The van der Waals surface area contributed by atoms with E-state index in [4.69, 9.17) is 0 Å². The van der Waals surface area contributed by atoms with Crippen LogP contribution in [0.1, 0.15) is 75.0 Å². The van der Waals surface area contributed by atoms with Crippen molar-refractivity contribution in [3.05, 3.63) is 149 Å². The van der Waals surface area contributed by atoms with E-state index in [0.29, 0.717) is 11.8 Å². The molecule has 10 rings (SSSR count). The first kappa shape index (κ1) is 31.2. The highest BCUT2D eigenvalue weighted by molar-refractivity contribution is 6.10. The Bertz CT molecular complexity index is 2730. The smallest absolute Gasteiger partial charge is 0.0541 e. The van der Waals surface area contributed by atoms with Gasteiger partial charge in [-0.1, -0.05) is 114 Å². The third-order valence-electron chi connectivity index (χ3n) is 11.6. The fraction of sp³-hybridized carbons (Fsp3) is 0.224. The van der Waals surface area contributed by atoms with Gasteiger partial charge in [0.1, 0.15) is 0 Å². The maximum Gasteiger partial charge on any atom is 0.0541 e. The Morgan fingerprint density at radius 1 is 0.577 bits per heavy atom. The summed E-state index contributed by atoms with van der Waals surface area (Å²) in [5.74, 6) is 0.791.